The second-order valence-electron chi connectivity index (χ2n) is 4.34. The van der Waals surface area contributed by atoms with E-state index in [2.05, 4.69) is 17.2 Å². The lowest BCUT2D eigenvalue weighted by Crippen LogP contribution is -2.34. The second kappa shape index (κ2) is 5.66. The van der Waals surface area contributed by atoms with E-state index in [1.165, 1.54) is 0 Å². The van der Waals surface area contributed by atoms with Crippen LogP contribution < -0.4 is 5.32 Å². The Morgan fingerprint density at radius 2 is 2.35 bits per heavy atom. The van der Waals surface area contributed by atoms with Gasteiger partial charge in [0.25, 0.3) is 0 Å². The molecule has 4 nitrogen and oxygen atoms in total. The van der Waals surface area contributed by atoms with Gasteiger partial charge in [-0.05, 0) is 31.9 Å². The van der Waals surface area contributed by atoms with Crippen LogP contribution in [0.4, 0.5) is 5.69 Å². The molecule has 1 saturated heterocycles. The number of carbonyl (C=O) groups is 1. The number of nitrogens with zero attached hydrogens (tertiary/aromatic N) is 2. The summed E-state index contributed by atoms with van der Waals surface area (Å²) in [5, 5.41) is 3.25. The van der Waals surface area contributed by atoms with E-state index < -0.39 is 0 Å². The third-order valence-corrected chi connectivity index (χ3v) is 2.97. The number of hydrogen-bond acceptors (Lipinski definition) is 3. The van der Waals surface area contributed by atoms with Crippen LogP contribution in [0.1, 0.15) is 31.9 Å². The number of nitrogens with one attached hydrogen (secondary N) is 1. The van der Waals surface area contributed by atoms with Gasteiger partial charge in [0.1, 0.15) is 0 Å². The second-order valence-corrected chi connectivity index (χ2v) is 4.34. The van der Waals surface area contributed by atoms with Crippen LogP contribution in [0, 0.1) is 0 Å². The van der Waals surface area contributed by atoms with Crippen LogP contribution in [0.3, 0.4) is 0 Å². The molecule has 0 bridgehead atoms. The summed E-state index contributed by atoms with van der Waals surface area (Å²) in [4.78, 5) is 17.9. The molecule has 0 saturated carbocycles. The molecular weight excluding hydrogens is 214 g/mol. The van der Waals surface area contributed by atoms with Gasteiger partial charge in [0.2, 0.25) is 5.91 Å². The molecule has 1 aromatic heterocycles. The zero-order chi connectivity index (χ0) is 12.1. The maximum Gasteiger partial charge on any atom is 0.222 e. The molecule has 1 amide bonds. The Balaban J connectivity index is 2.01. The van der Waals surface area contributed by atoms with E-state index in [0.29, 0.717) is 13.0 Å². The van der Waals surface area contributed by atoms with Crippen molar-refractivity contribution in [3.63, 3.8) is 0 Å². The highest BCUT2D eigenvalue weighted by atomic mass is 16.2. The number of aromatic nitrogens is 1. The van der Waals surface area contributed by atoms with E-state index in [1.54, 1.807) is 6.20 Å². The minimum atomic E-state index is 0.256. The quantitative estimate of drug-likeness (QED) is 0.865. The van der Waals surface area contributed by atoms with Gasteiger partial charge in [-0.15, -0.1) is 0 Å². The van der Waals surface area contributed by atoms with Gasteiger partial charge in [0.05, 0.1) is 12.2 Å². The maximum atomic E-state index is 11.7. The van der Waals surface area contributed by atoms with Crippen LogP contribution in [-0.2, 0) is 11.3 Å². The van der Waals surface area contributed by atoms with Crippen LogP contribution >= 0.6 is 0 Å². The maximum absolute atomic E-state index is 11.7. The number of piperidine rings is 1. The van der Waals surface area contributed by atoms with E-state index in [4.69, 9.17) is 0 Å². The highest BCUT2D eigenvalue weighted by molar-refractivity contribution is 5.76. The molecule has 0 atom stereocenters. The summed E-state index contributed by atoms with van der Waals surface area (Å²) in [7, 11) is 0. The zero-order valence-electron chi connectivity index (χ0n) is 10.3. The topological polar surface area (TPSA) is 45.2 Å². The van der Waals surface area contributed by atoms with Crippen LogP contribution in [0.5, 0.6) is 0 Å². The van der Waals surface area contributed by atoms with Crippen molar-refractivity contribution in [2.75, 3.05) is 18.4 Å². The molecule has 0 aromatic carbocycles. The number of amides is 1. The van der Waals surface area contributed by atoms with E-state index in [-0.39, 0.29) is 5.91 Å². The largest absolute Gasteiger partial charge is 0.385 e. The molecule has 2 heterocycles. The summed E-state index contributed by atoms with van der Waals surface area (Å²) in [6, 6.07) is 3.97. The molecule has 17 heavy (non-hydrogen) atoms. The van der Waals surface area contributed by atoms with Crippen molar-refractivity contribution in [1.82, 2.24) is 9.88 Å². The van der Waals surface area contributed by atoms with Crippen molar-refractivity contribution in [2.45, 2.75) is 32.7 Å². The van der Waals surface area contributed by atoms with E-state index in [1.807, 2.05) is 17.0 Å². The van der Waals surface area contributed by atoms with E-state index in [0.717, 1.165) is 37.3 Å². The molecular formula is C13H19N3O. The van der Waals surface area contributed by atoms with Crippen molar-refractivity contribution in [3.05, 3.63) is 24.0 Å². The Morgan fingerprint density at radius 3 is 3.12 bits per heavy atom. The van der Waals surface area contributed by atoms with Crippen LogP contribution in [0.15, 0.2) is 18.3 Å². The first-order chi connectivity index (χ1) is 8.29. The molecule has 92 valence electrons. The van der Waals surface area contributed by atoms with Crippen LogP contribution in [0.2, 0.25) is 0 Å². The predicted octanol–water partition coefficient (Wildman–Crippen LogP) is 2.03. The van der Waals surface area contributed by atoms with Crippen molar-refractivity contribution in [1.29, 1.82) is 0 Å². The fourth-order valence-electron chi connectivity index (χ4n) is 2.10. The molecule has 1 N–H and O–H groups in total. The van der Waals surface area contributed by atoms with Crippen molar-refractivity contribution < 1.29 is 4.79 Å². The predicted molar refractivity (Wildman–Crippen MR) is 67.7 cm³/mol. The average Bonchev–Trinajstić information content (AvgIpc) is 2.33. The van der Waals surface area contributed by atoms with Crippen molar-refractivity contribution in [2.24, 2.45) is 0 Å². The number of carbonyl (C=O) groups excluding carboxylic acids is 1. The number of anilines is 1. The molecule has 1 aliphatic rings. The minimum absolute atomic E-state index is 0.256. The van der Waals surface area contributed by atoms with Gasteiger partial charge in [-0.2, -0.15) is 0 Å². The van der Waals surface area contributed by atoms with E-state index >= 15 is 0 Å². The normalized spacial score (nSPS) is 16.1. The SMILES string of the molecule is CCNc1ccnc(CN2CCCCC2=O)c1. The fraction of sp³-hybridized carbons (Fsp3) is 0.538. The van der Waals surface area contributed by atoms with Crippen LogP contribution in [0.25, 0.3) is 0 Å². The Morgan fingerprint density at radius 1 is 1.47 bits per heavy atom. The highest BCUT2D eigenvalue weighted by Gasteiger charge is 2.18. The van der Waals surface area contributed by atoms with Crippen molar-refractivity contribution in [3.8, 4) is 0 Å². The lowest BCUT2D eigenvalue weighted by atomic mass is 10.1. The molecule has 0 radical (unpaired) electrons. The zero-order valence-corrected chi connectivity index (χ0v) is 10.3. The summed E-state index contributed by atoms with van der Waals surface area (Å²) < 4.78 is 0. The number of likely N-dealkylation sites (tertiary alicyclic amines) is 1. The molecule has 2 rings (SSSR count). The first-order valence-corrected chi connectivity index (χ1v) is 6.26. The van der Waals surface area contributed by atoms with Gasteiger partial charge < -0.3 is 10.2 Å². The molecule has 1 aliphatic heterocycles. The number of pyridine rings is 1. The Hall–Kier alpha value is -1.58. The molecule has 0 aliphatic carbocycles. The van der Waals surface area contributed by atoms with Gasteiger partial charge >= 0.3 is 0 Å². The van der Waals surface area contributed by atoms with Gasteiger partial charge in [-0.3, -0.25) is 9.78 Å². The lowest BCUT2D eigenvalue weighted by Gasteiger charge is -2.26. The summed E-state index contributed by atoms with van der Waals surface area (Å²) in [6.07, 6.45) is 4.62. The number of rotatable bonds is 4. The Labute approximate surface area is 102 Å². The smallest absolute Gasteiger partial charge is 0.222 e. The summed E-state index contributed by atoms with van der Waals surface area (Å²) in [5.74, 6) is 0.256. The molecule has 0 unspecified atom stereocenters. The summed E-state index contributed by atoms with van der Waals surface area (Å²) in [5.41, 5.74) is 2.03. The summed E-state index contributed by atoms with van der Waals surface area (Å²) >= 11 is 0. The summed E-state index contributed by atoms with van der Waals surface area (Å²) in [6.45, 7) is 4.46. The third kappa shape index (κ3) is 3.19. The minimum Gasteiger partial charge on any atom is -0.385 e. The first kappa shape index (κ1) is 11.9. The fourth-order valence-corrected chi connectivity index (χ4v) is 2.10. The van der Waals surface area contributed by atoms with E-state index in [9.17, 15) is 4.79 Å². The van der Waals surface area contributed by atoms with Gasteiger partial charge in [-0.1, -0.05) is 0 Å². The van der Waals surface area contributed by atoms with Gasteiger partial charge in [0.15, 0.2) is 0 Å². The van der Waals surface area contributed by atoms with Crippen LogP contribution in [-0.4, -0.2) is 28.9 Å². The van der Waals surface area contributed by atoms with Gasteiger partial charge in [0, 0.05) is 31.4 Å². The van der Waals surface area contributed by atoms with Crippen molar-refractivity contribution >= 4 is 11.6 Å². The lowest BCUT2D eigenvalue weighted by molar-refractivity contribution is -0.133. The van der Waals surface area contributed by atoms with Gasteiger partial charge in [-0.25, -0.2) is 0 Å². The molecule has 0 spiro atoms. The third-order valence-electron chi connectivity index (χ3n) is 2.97. The number of hydrogen-bond donors (Lipinski definition) is 1. The molecule has 1 fully saturated rings. The highest BCUT2D eigenvalue weighted by Crippen LogP contribution is 2.15. The standard InChI is InChI=1S/C13H19N3O/c1-2-14-11-6-7-15-12(9-11)10-16-8-4-3-5-13(16)17/h6-7,9H,2-5,8,10H2,1H3,(H,14,15). The monoisotopic (exact) mass is 233 g/mol. The first-order valence-electron chi connectivity index (χ1n) is 6.26. The Kier molecular flexibility index (Phi) is 3.96. The molecule has 1 aromatic rings. The average molecular weight is 233 g/mol. The Bertz CT molecular complexity index is 392. The molecule has 4 heteroatoms.